The fraction of sp³-hybridized carbons (Fsp3) is 0.383. The van der Waals surface area contributed by atoms with Crippen molar-refractivity contribution in [2.24, 2.45) is 5.11 Å². The Bertz CT molecular complexity index is 2370. The van der Waals surface area contributed by atoms with E-state index in [9.17, 15) is 17.8 Å². The van der Waals surface area contributed by atoms with Crippen molar-refractivity contribution < 1.29 is 17.8 Å². The van der Waals surface area contributed by atoms with Gasteiger partial charge >= 0.3 is 0 Å². The molecule has 0 spiro atoms. The molecule has 57 heavy (non-hydrogen) atoms. The molecule has 2 N–H and O–H groups in total. The van der Waals surface area contributed by atoms with E-state index in [0.717, 1.165) is 73.6 Å². The lowest BCUT2D eigenvalue weighted by Crippen LogP contribution is -2.27. The molecule has 10 heteroatoms. The summed E-state index contributed by atoms with van der Waals surface area (Å²) in [5.74, 6) is 0.103. The molecule has 0 unspecified atom stereocenters. The lowest BCUT2D eigenvalue weighted by atomic mass is 9.74. The topological polar surface area (TPSA) is 135 Å². The second kappa shape index (κ2) is 18.9. The Balaban J connectivity index is 1.27. The number of hydrogen-bond acceptors (Lipinski definition) is 5. The predicted molar refractivity (Wildman–Crippen MR) is 235 cm³/mol. The van der Waals surface area contributed by atoms with E-state index in [4.69, 9.17) is 5.53 Å². The first-order chi connectivity index (χ1) is 27.2. The number of benzene rings is 4. The molecule has 0 aromatic heterocycles. The highest BCUT2D eigenvalue weighted by molar-refractivity contribution is 7.86. The molecule has 0 saturated heterocycles. The summed E-state index contributed by atoms with van der Waals surface area (Å²) in [5.41, 5.74) is 14.2. The largest absolute Gasteiger partial charge is 0.356 e. The van der Waals surface area contributed by atoms with Gasteiger partial charge < -0.3 is 10.2 Å². The molecule has 9 nitrogen and oxygen atoms in total. The number of azide groups is 1. The van der Waals surface area contributed by atoms with Gasteiger partial charge in [-0.1, -0.05) is 138 Å². The molecule has 4 aromatic carbocycles. The van der Waals surface area contributed by atoms with Gasteiger partial charge in [0.05, 0.1) is 0 Å². The van der Waals surface area contributed by atoms with Gasteiger partial charge in [0, 0.05) is 58.6 Å². The zero-order chi connectivity index (χ0) is 41.2. The van der Waals surface area contributed by atoms with E-state index in [-0.39, 0.29) is 16.2 Å². The summed E-state index contributed by atoms with van der Waals surface area (Å²) in [4.78, 5) is 17.6. The van der Waals surface area contributed by atoms with E-state index in [1.54, 1.807) is 12.1 Å². The summed E-state index contributed by atoms with van der Waals surface area (Å²) in [5, 5.41) is 10.3. The maximum Gasteiger partial charge on any atom is 0.295 e. The molecule has 1 amide bonds. The Morgan fingerprint density at radius 2 is 1.65 bits per heavy atom. The summed E-state index contributed by atoms with van der Waals surface area (Å²) in [6.45, 7) is 17.3. The van der Waals surface area contributed by atoms with Crippen molar-refractivity contribution >= 4 is 43.3 Å². The van der Waals surface area contributed by atoms with Crippen molar-refractivity contribution in [3.63, 3.8) is 0 Å². The van der Waals surface area contributed by atoms with Crippen molar-refractivity contribution in [1.82, 2.24) is 5.32 Å². The van der Waals surface area contributed by atoms with Crippen LogP contribution in [0, 0.1) is 6.92 Å². The van der Waals surface area contributed by atoms with Crippen LogP contribution in [0.2, 0.25) is 0 Å². The van der Waals surface area contributed by atoms with Crippen LogP contribution in [-0.2, 0) is 25.7 Å². The number of carbonyl (C=O) groups is 1. The number of unbranched alkanes of at least 4 members (excludes halogenated alkanes) is 5. The first kappa shape index (κ1) is 43.0. The zero-order valence-electron chi connectivity index (χ0n) is 34.1. The summed E-state index contributed by atoms with van der Waals surface area (Å²) < 4.78 is 34.2. The van der Waals surface area contributed by atoms with Gasteiger partial charge in [-0.05, 0) is 94.8 Å². The number of nitrogens with one attached hydrogen (secondary N) is 1. The summed E-state index contributed by atoms with van der Waals surface area (Å²) in [6.07, 6.45) is 17.4. The highest BCUT2D eigenvalue weighted by atomic mass is 32.2. The minimum Gasteiger partial charge on any atom is -0.356 e. The molecule has 0 fully saturated rings. The van der Waals surface area contributed by atoms with Crippen molar-refractivity contribution in [3.05, 3.63) is 142 Å². The first-order valence-corrected chi connectivity index (χ1v) is 21.5. The predicted octanol–water partition coefficient (Wildman–Crippen LogP) is 11.7. The standard InChI is InChI=1S/C47H57N5O4S/c1-34-27-29-38-39(23-19-24-41(38)57(54,55)56)44(34)46(3,4)35(2)20-11-9-12-25-42-47(5,6)45-37-22-15-14-21-36(37)28-30-40(45)52(42)33-18-10-13-26-43(53)49-31-16-7-8-17-32-50-51-48/h9,11-12,14-15,19-25,27-30H,2,7-8,10,13,16-18,26,31-33H2,1,3-6H3,(H,49,53)(H,54,55,56)/b12-9+,20-11+,42-25-. The van der Waals surface area contributed by atoms with Gasteiger partial charge in [0.25, 0.3) is 10.1 Å². The van der Waals surface area contributed by atoms with Crippen LogP contribution >= 0.6 is 0 Å². The maximum atomic E-state index is 12.5. The molecule has 0 bridgehead atoms. The number of hydrogen-bond donors (Lipinski definition) is 2. The number of rotatable bonds is 19. The Hall–Kier alpha value is -5.15. The Labute approximate surface area is 338 Å². The number of fused-ring (bicyclic) bond motifs is 4. The minimum atomic E-state index is -4.39. The van der Waals surface area contributed by atoms with E-state index in [1.165, 1.54) is 33.8 Å². The van der Waals surface area contributed by atoms with Crippen molar-refractivity contribution in [3.8, 4) is 0 Å². The van der Waals surface area contributed by atoms with Crippen LogP contribution in [0.25, 0.3) is 32.0 Å². The third-order valence-electron chi connectivity index (χ3n) is 11.3. The fourth-order valence-corrected chi connectivity index (χ4v) is 8.98. The number of amides is 1. The number of allylic oxidation sites excluding steroid dienone is 7. The van der Waals surface area contributed by atoms with E-state index >= 15 is 0 Å². The Kier molecular flexibility index (Phi) is 14.2. The van der Waals surface area contributed by atoms with Gasteiger partial charge in [-0.25, -0.2) is 0 Å². The van der Waals surface area contributed by atoms with Crippen LogP contribution in [0.1, 0.15) is 95.8 Å². The smallest absolute Gasteiger partial charge is 0.295 e. The Morgan fingerprint density at radius 1 is 0.912 bits per heavy atom. The van der Waals surface area contributed by atoms with Crippen LogP contribution in [0.3, 0.4) is 0 Å². The SMILES string of the molecule is C=C(/C=C/C=C/C=C1\N(CCCCCC(=O)NCCCCCCN=[N+]=[N-])c2ccc3ccccc3c2C1(C)C)C(C)(C)c1c(C)ccc2c(S(=O)(=O)O)cccc12. The lowest BCUT2D eigenvalue weighted by molar-refractivity contribution is -0.121. The van der Waals surface area contributed by atoms with Gasteiger partial charge in [-0.15, -0.1) is 0 Å². The number of nitrogens with zero attached hydrogens (tertiary/aromatic N) is 4. The summed E-state index contributed by atoms with van der Waals surface area (Å²) >= 11 is 0. The normalized spacial score (nSPS) is 14.8. The van der Waals surface area contributed by atoms with Crippen molar-refractivity contribution in [2.45, 2.75) is 102 Å². The second-order valence-corrected chi connectivity index (χ2v) is 17.4. The maximum absolute atomic E-state index is 12.5. The van der Waals surface area contributed by atoms with Crippen molar-refractivity contribution in [1.29, 1.82) is 0 Å². The number of aryl methyl sites for hydroxylation is 1. The van der Waals surface area contributed by atoms with E-state index in [1.807, 2.05) is 37.3 Å². The first-order valence-electron chi connectivity index (χ1n) is 20.0. The monoisotopic (exact) mass is 787 g/mol. The fourth-order valence-electron chi connectivity index (χ4n) is 8.27. The van der Waals surface area contributed by atoms with Gasteiger partial charge in [0.1, 0.15) is 4.90 Å². The molecule has 5 rings (SSSR count). The molecule has 0 radical (unpaired) electrons. The average Bonchev–Trinajstić information content (AvgIpc) is 3.39. The zero-order valence-corrected chi connectivity index (χ0v) is 34.9. The summed E-state index contributed by atoms with van der Waals surface area (Å²) in [6, 6.07) is 21.7. The van der Waals surface area contributed by atoms with Gasteiger partial charge in [0.15, 0.2) is 0 Å². The van der Waals surface area contributed by atoms with Crippen LogP contribution in [0.5, 0.6) is 0 Å². The molecule has 0 atom stereocenters. The molecule has 4 aromatic rings. The van der Waals surface area contributed by atoms with Crippen LogP contribution in [0.4, 0.5) is 5.69 Å². The molecular weight excluding hydrogens is 731 g/mol. The van der Waals surface area contributed by atoms with Crippen molar-refractivity contribution in [2.75, 3.05) is 24.5 Å². The third-order valence-corrected chi connectivity index (χ3v) is 12.2. The molecule has 1 aliphatic rings. The van der Waals surface area contributed by atoms with E-state index in [2.05, 4.69) is 103 Å². The lowest BCUT2D eigenvalue weighted by Gasteiger charge is -2.30. The number of carbonyl (C=O) groups excluding carboxylic acids is 1. The van der Waals surface area contributed by atoms with Gasteiger partial charge in [-0.2, -0.15) is 8.42 Å². The molecule has 0 aliphatic carbocycles. The third kappa shape index (κ3) is 10.1. The van der Waals surface area contributed by atoms with E-state index < -0.39 is 15.5 Å². The minimum absolute atomic E-state index is 0.101. The van der Waals surface area contributed by atoms with Gasteiger partial charge in [-0.3, -0.25) is 9.35 Å². The Morgan fingerprint density at radius 3 is 2.42 bits per heavy atom. The molecule has 0 saturated carbocycles. The molecular formula is C47H57N5O4S. The van der Waals surface area contributed by atoms with Crippen LogP contribution < -0.4 is 10.2 Å². The quantitative estimate of drug-likeness (QED) is 0.0243. The second-order valence-electron chi connectivity index (χ2n) is 16.0. The highest BCUT2D eigenvalue weighted by Crippen LogP contribution is 2.51. The molecule has 1 heterocycles. The highest BCUT2D eigenvalue weighted by Gasteiger charge is 2.40. The molecule has 300 valence electrons. The van der Waals surface area contributed by atoms with E-state index in [0.29, 0.717) is 24.9 Å². The van der Waals surface area contributed by atoms with Crippen LogP contribution in [-0.4, -0.2) is 38.5 Å². The van der Waals surface area contributed by atoms with Gasteiger partial charge in [0.2, 0.25) is 5.91 Å². The average molecular weight is 788 g/mol. The number of anilines is 1. The molecule has 1 aliphatic heterocycles. The summed E-state index contributed by atoms with van der Waals surface area (Å²) in [7, 11) is -4.39. The van der Waals surface area contributed by atoms with Crippen LogP contribution in [0.15, 0.2) is 125 Å².